The molecule has 2 aromatic rings. The molecule has 3 nitrogen and oxygen atoms in total. The van der Waals surface area contributed by atoms with Crippen molar-refractivity contribution in [2.75, 3.05) is 11.9 Å². The van der Waals surface area contributed by atoms with Gasteiger partial charge in [-0.2, -0.15) is 5.26 Å². The van der Waals surface area contributed by atoms with E-state index in [0.29, 0.717) is 17.9 Å². The van der Waals surface area contributed by atoms with Gasteiger partial charge < -0.3 is 5.32 Å². The SMILES string of the molecule is CC#CCCNc1nc2ccccc2cc1C#N. The van der Waals surface area contributed by atoms with E-state index in [2.05, 4.69) is 28.2 Å². The second-order valence-electron chi connectivity index (χ2n) is 3.79. The third kappa shape index (κ3) is 2.59. The van der Waals surface area contributed by atoms with Crippen LogP contribution in [-0.2, 0) is 0 Å². The molecule has 3 heteroatoms. The average molecular weight is 235 g/mol. The number of nitrogens with zero attached hydrogens (tertiary/aromatic N) is 2. The van der Waals surface area contributed by atoms with Gasteiger partial charge in [-0.25, -0.2) is 4.98 Å². The van der Waals surface area contributed by atoms with E-state index < -0.39 is 0 Å². The molecule has 1 aromatic heterocycles. The van der Waals surface area contributed by atoms with Crippen molar-refractivity contribution in [1.82, 2.24) is 4.98 Å². The smallest absolute Gasteiger partial charge is 0.144 e. The van der Waals surface area contributed by atoms with Crippen LogP contribution in [0.15, 0.2) is 30.3 Å². The Morgan fingerprint density at radius 1 is 1.33 bits per heavy atom. The zero-order valence-corrected chi connectivity index (χ0v) is 10.2. The number of aromatic nitrogens is 1. The van der Waals surface area contributed by atoms with Crippen molar-refractivity contribution in [2.45, 2.75) is 13.3 Å². The summed E-state index contributed by atoms with van der Waals surface area (Å²) >= 11 is 0. The number of benzene rings is 1. The van der Waals surface area contributed by atoms with Crippen molar-refractivity contribution in [3.05, 3.63) is 35.9 Å². The first-order chi connectivity index (χ1) is 8.85. The predicted octanol–water partition coefficient (Wildman–Crippen LogP) is 2.93. The summed E-state index contributed by atoms with van der Waals surface area (Å²) < 4.78 is 0. The Hall–Kier alpha value is -2.52. The molecule has 0 fully saturated rings. The van der Waals surface area contributed by atoms with Crippen LogP contribution >= 0.6 is 0 Å². The maximum absolute atomic E-state index is 9.12. The molecule has 2 rings (SSSR count). The molecule has 88 valence electrons. The normalized spacial score (nSPS) is 9.33. The number of anilines is 1. The van der Waals surface area contributed by atoms with Crippen molar-refractivity contribution >= 4 is 16.7 Å². The van der Waals surface area contributed by atoms with Gasteiger partial charge in [0.1, 0.15) is 11.9 Å². The molecule has 0 saturated heterocycles. The minimum absolute atomic E-state index is 0.568. The lowest BCUT2D eigenvalue weighted by Crippen LogP contribution is -2.04. The van der Waals surface area contributed by atoms with Gasteiger partial charge in [0.05, 0.1) is 11.1 Å². The number of nitriles is 1. The highest BCUT2D eigenvalue weighted by Crippen LogP contribution is 2.19. The highest BCUT2D eigenvalue weighted by Gasteiger charge is 2.05. The summed E-state index contributed by atoms with van der Waals surface area (Å²) in [4.78, 5) is 4.46. The molecule has 0 aliphatic carbocycles. The zero-order chi connectivity index (χ0) is 12.8. The third-order valence-corrected chi connectivity index (χ3v) is 2.56. The van der Waals surface area contributed by atoms with Gasteiger partial charge >= 0.3 is 0 Å². The van der Waals surface area contributed by atoms with Crippen molar-refractivity contribution in [3.8, 4) is 17.9 Å². The summed E-state index contributed by atoms with van der Waals surface area (Å²) in [5.74, 6) is 6.44. The average Bonchev–Trinajstić information content (AvgIpc) is 2.42. The second-order valence-corrected chi connectivity index (χ2v) is 3.79. The van der Waals surface area contributed by atoms with Gasteiger partial charge in [-0.3, -0.25) is 0 Å². The summed E-state index contributed by atoms with van der Waals surface area (Å²) in [7, 11) is 0. The Labute approximate surface area is 106 Å². The molecule has 1 N–H and O–H groups in total. The van der Waals surface area contributed by atoms with Crippen LogP contribution in [0, 0.1) is 23.2 Å². The summed E-state index contributed by atoms with van der Waals surface area (Å²) in [5.41, 5.74) is 1.46. The van der Waals surface area contributed by atoms with Crippen LogP contribution < -0.4 is 5.32 Å². The molecule has 0 bridgehead atoms. The quantitative estimate of drug-likeness (QED) is 0.657. The number of nitrogens with one attached hydrogen (secondary N) is 1. The number of hydrogen-bond donors (Lipinski definition) is 1. The molecule has 0 spiro atoms. The van der Waals surface area contributed by atoms with Crippen molar-refractivity contribution in [2.24, 2.45) is 0 Å². The van der Waals surface area contributed by atoms with Crippen LogP contribution in [0.4, 0.5) is 5.82 Å². The molecule has 0 amide bonds. The second kappa shape index (κ2) is 5.70. The Morgan fingerprint density at radius 3 is 2.94 bits per heavy atom. The maximum Gasteiger partial charge on any atom is 0.144 e. The fourth-order valence-electron chi connectivity index (χ4n) is 1.70. The lowest BCUT2D eigenvalue weighted by Gasteiger charge is -2.07. The van der Waals surface area contributed by atoms with Crippen LogP contribution in [0.25, 0.3) is 10.9 Å². The number of rotatable bonds is 3. The van der Waals surface area contributed by atoms with Gasteiger partial charge in [0.15, 0.2) is 0 Å². The minimum Gasteiger partial charge on any atom is -0.368 e. The number of pyridine rings is 1. The van der Waals surface area contributed by atoms with E-state index in [1.54, 1.807) is 0 Å². The van der Waals surface area contributed by atoms with Crippen molar-refractivity contribution in [1.29, 1.82) is 5.26 Å². The Bertz CT molecular complexity index is 657. The van der Waals surface area contributed by atoms with Crippen LogP contribution in [0.1, 0.15) is 18.9 Å². The van der Waals surface area contributed by atoms with E-state index in [9.17, 15) is 0 Å². The molecule has 0 unspecified atom stereocenters. The first kappa shape index (κ1) is 12.0. The van der Waals surface area contributed by atoms with Crippen LogP contribution in [0.2, 0.25) is 0 Å². The van der Waals surface area contributed by atoms with E-state index >= 15 is 0 Å². The zero-order valence-electron chi connectivity index (χ0n) is 10.2. The fraction of sp³-hybridized carbons (Fsp3) is 0.200. The van der Waals surface area contributed by atoms with E-state index in [4.69, 9.17) is 5.26 Å². The molecular formula is C15H13N3. The topological polar surface area (TPSA) is 48.7 Å². The monoisotopic (exact) mass is 235 g/mol. The van der Waals surface area contributed by atoms with Gasteiger partial charge in [-0.15, -0.1) is 11.8 Å². The Morgan fingerprint density at radius 2 is 2.17 bits per heavy atom. The number of hydrogen-bond acceptors (Lipinski definition) is 3. The maximum atomic E-state index is 9.12. The van der Waals surface area contributed by atoms with E-state index in [1.165, 1.54) is 0 Å². The van der Waals surface area contributed by atoms with Gasteiger partial charge in [0.2, 0.25) is 0 Å². The molecule has 18 heavy (non-hydrogen) atoms. The van der Waals surface area contributed by atoms with Crippen LogP contribution in [0.5, 0.6) is 0 Å². The summed E-state index contributed by atoms with van der Waals surface area (Å²) in [5, 5.41) is 13.3. The molecular weight excluding hydrogens is 222 g/mol. The van der Waals surface area contributed by atoms with Crippen LogP contribution in [0.3, 0.4) is 0 Å². The molecule has 0 atom stereocenters. The predicted molar refractivity (Wildman–Crippen MR) is 73.0 cm³/mol. The molecule has 0 aliphatic rings. The highest BCUT2D eigenvalue weighted by molar-refractivity contribution is 5.82. The van der Waals surface area contributed by atoms with Crippen molar-refractivity contribution in [3.63, 3.8) is 0 Å². The molecule has 0 aliphatic heterocycles. The largest absolute Gasteiger partial charge is 0.368 e. The summed E-state index contributed by atoms with van der Waals surface area (Å²) in [6.45, 7) is 2.51. The minimum atomic E-state index is 0.568. The third-order valence-electron chi connectivity index (χ3n) is 2.56. The van der Waals surface area contributed by atoms with Crippen LogP contribution in [-0.4, -0.2) is 11.5 Å². The summed E-state index contributed by atoms with van der Waals surface area (Å²) in [6.07, 6.45) is 0.746. The van der Waals surface area contributed by atoms with E-state index in [1.807, 2.05) is 37.3 Å². The molecule has 0 saturated carbocycles. The van der Waals surface area contributed by atoms with Gasteiger partial charge in [-0.05, 0) is 19.1 Å². The standard InChI is InChI=1S/C15H13N3/c1-2-3-6-9-17-15-13(11-16)10-12-7-4-5-8-14(12)18-15/h4-5,7-8,10H,6,9H2,1H3,(H,17,18). The molecule has 1 heterocycles. The van der Waals surface area contributed by atoms with Gasteiger partial charge in [0.25, 0.3) is 0 Å². The highest BCUT2D eigenvalue weighted by atomic mass is 15.0. The fourth-order valence-corrected chi connectivity index (χ4v) is 1.70. The lowest BCUT2D eigenvalue weighted by molar-refractivity contribution is 1.08. The number of fused-ring (bicyclic) bond motifs is 1. The number of para-hydroxylation sites is 1. The molecule has 1 aromatic carbocycles. The Balaban J connectivity index is 2.30. The summed E-state index contributed by atoms with van der Waals surface area (Å²) in [6, 6.07) is 11.8. The van der Waals surface area contributed by atoms with Gasteiger partial charge in [-0.1, -0.05) is 18.2 Å². The van der Waals surface area contributed by atoms with Gasteiger partial charge in [0, 0.05) is 18.4 Å². The van der Waals surface area contributed by atoms with Crippen molar-refractivity contribution < 1.29 is 0 Å². The lowest BCUT2D eigenvalue weighted by atomic mass is 10.1. The Kier molecular flexibility index (Phi) is 3.79. The molecule has 0 radical (unpaired) electrons. The first-order valence-corrected chi connectivity index (χ1v) is 5.78. The first-order valence-electron chi connectivity index (χ1n) is 5.78. The van der Waals surface area contributed by atoms with E-state index in [-0.39, 0.29) is 0 Å². The van der Waals surface area contributed by atoms with E-state index in [0.717, 1.165) is 17.3 Å².